The fourth-order valence-electron chi connectivity index (χ4n) is 3.49. The molecule has 1 atom stereocenters. The van der Waals surface area contributed by atoms with Gasteiger partial charge in [0.25, 0.3) is 11.5 Å². The second-order valence-corrected chi connectivity index (χ2v) is 6.82. The molecule has 1 unspecified atom stereocenters. The number of amides is 1. The molecule has 6 heteroatoms. The van der Waals surface area contributed by atoms with Crippen molar-refractivity contribution in [2.24, 2.45) is 0 Å². The van der Waals surface area contributed by atoms with Crippen molar-refractivity contribution >= 4 is 17.2 Å². The molecule has 22 heavy (non-hydrogen) atoms. The van der Waals surface area contributed by atoms with Gasteiger partial charge in [-0.3, -0.25) is 9.59 Å². The molecule has 0 saturated carbocycles. The van der Waals surface area contributed by atoms with Crippen LogP contribution in [0.15, 0.2) is 22.4 Å². The SMILES string of the molecule is O=C(c1cc2c([nH]c1=O)CCC2)N1CCCC1c1nccs1. The van der Waals surface area contributed by atoms with E-state index in [4.69, 9.17) is 0 Å². The zero-order chi connectivity index (χ0) is 15.1. The summed E-state index contributed by atoms with van der Waals surface area (Å²) in [6.07, 6.45) is 6.55. The van der Waals surface area contributed by atoms with E-state index in [1.165, 1.54) is 0 Å². The minimum Gasteiger partial charge on any atom is -0.329 e. The number of carbonyl (C=O) groups excluding carboxylic acids is 1. The Bertz CT molecular complexity index is 766. The van der Waals surface area contributed by atoms with Gasteiger partial charge in [-0.25, -0.2) is 4.98 Å². The molecule has 3 heterocycles. The van der Waals surface area contributed by atoms with Gasteiger partial charge in [0.2, 0.25) is 0 Å². The molecule has 1 aliphatic carbocycles. The maximum absolute atomic E-state index is 12.9. The van der Waals surface area contributed by atoms with Crippen molar-refractivity contribution in [3.63, 3.8) is 0 Å². The molecule has 1 aliphatic heterocycles. The summed E-state index contributed by atoms with van der Waals surface area (Å²) in [5, 5.41) is 2.89. The average Bonchev–Trinajstić information content (AvgIpc) is 3.25. The number of fused-ring (bicyclic) bond motifs is 1. The highest BCUT2D eigenvalue weighted by Crippen LogP contribution is 2.34. The van der Waals surface area contributed by atoms with Crippen LogP contribution in [-0.4, -0.2) is 27.3 Å². The van der Waals surface area contributed by atoms with Crippen LogP contribution in [0.2, 0.25) is 0 Å². The number of pyridine rings is 1. The van der Waals surface area contributed by atoms with Gasteiger partial charge in [-0.1, -0.05) is 0 Å². The lowest BCUT2D eigenvalue weighted by molar-refractivity contribution is 0.0733. The Hall–Kier alpha value is -1.95. The molecular formula is C16H17N3O2S. The van der Waals surface area contributed by atoms with E-state index < -0.39 is 0 Å². The molecule has 0 radical (unpaired) electrons. The number of likely N-dealkylation sites (tertiary alicyclic amines) is 1. The first-order chi connectivity index (χ1) is 10.7. The Morgan fingerprint density at radius 2 is 2.27 bits per heavy atom. The molecule has 1 fully saturated rings. The van der Waals surface area contributed by atoms with E-state index >= 15 is 0 Å². The number of nitrogens with zero attached hydrogens (tertiary/aromatic N) is 2. The molecule has 1 amide bonds. The summed E-state index contributed by atoms with van der Waals surface area (Å²) in [5.74, 6) is -0.159. The number of nitrogens with one attached hydrogen (secondary N) is 1. The largest absolute Gasteiger partial charge is 0.329 e. The third kappa shape index (κ3) is 2.18. The Morgan fingerprint density at radius 1 is 1.36 bits per heavy atom. The Balaban J connectivity index is 1.68. The zero-order valence-corrected chi connectivity index (χ0v) is 13.0. The van der Waals surface area contributed by atoms with E-state index in [2.05, 4.69) is 9.97 Å². The Kier molecular flexibility index (Phi) is 3.33. The lowest BCUT2D eigenvalue weighted by Crippen LogP contribution is -2.34. The minimum atomic E-state index is -0.254. The number of H-pyrrole nitrogens is 1. The molecule has 5 nitrogen and oxygen atoms in total. The van der Waals surface area contributed by atoms with E-state index in [-0.39, 0.29) is 23.1 Å². The van der Waals surface area contributed by atoms with Crippen LogP contribution in [0.1, 0.15) is 51.9 Å². The van der Waals surface area contributed by atoms with Gasteiger partial charge in [0.05, 0.1) is 6.04 Å². The van der Waals surface area contributed by atoms with Gasteiger partial charge in [-0.15, -0.1) is 11.3 Å². The first-order valence-corrected chi connectivity index (χ1v) is 8.57. The summed E-state index contributed by atoms with van der Waals surface area (Å²) in [6, 6.07) is 1.82. The summed E-state index contributed by atoms with van der Waals surface area (Å²) in [4.78, 5) is 34.2. The summed E-state index contributed by atoms with van der Waals surface area (Å²) < 4.78 is 0. The third-order valence-electron chi connectivity index (χ3n) is 4.57. The van der Waals surface area contributed by atoms with Crippen LogP contribution in [0.4, 0.5) is 0 Å². The van der Waals surface area contributed by atoms with Crippen LogP contribution in [-0.2, 0) is 12.8 Å². The van der Waals surface area contributed by atoms with Gasteiger partial charge in [0, 0.05) is 23.8 Å². The molecule has 4 rings (SSSR count). The molecule has 2 aromatic rings. The highest BCUT2D eigenvalue weighted by Gasteiger charge is 2.33. The van der Waals surface area contributed by atoms with Crippen molar-refractivity contribution in [1.82, 2.24) is 14.9 Å². The van der Waals surface area contributed by atoms with Crippen molar-refractivity contribution < 1.29 is 4.79 Å². The molecule has 1 N–H and O–H groups in total. The third-order valence-corrected chi connectivity index (χ3v) is 5.45. The first-order valence-electron chi connectivity index (χ1n) is 7.69. The van der Waals surface area contributed by atoms with Gasteiger partial charge in [-0.05, 0) is 43.7 Å². The average molecular weight is 315 g/mol. The standard InChI is InChI=1S/C16H17N3O2S/c20-14-11(9-10-3-1-4-12(10)18-14)16(21)19-7-2-5-13(19)15-17-6-8-22-15/h6,8-9,13H,1-5,7H2,(H,18,20). The fraction of sp³-hybridized carbons (Fsp3) is 0.438. The summed E-state index contributed by atoms with van der Waals surface area (Å²) in [5.41, 5.74) is 2.15. The van der Waals surface area contributed by atoms with Crippen LogP contribution < -0.4 is 5.56 Å². The summed E-state index contributed by atoms with van der Waals surface area (Å²) in [6.45, 7) is 0.694. The van der Waals surface area contributed by atoms with Gasteiger partial charge in [0.1, 0.15) is 10.6 Å². The van der Waals surface area contributed by atoms with E-state index in [9.17, 15) is 9.59 Å². The molecule has 2 aliphatic rings. The lowest BCUT2D eigenvalue weighted by atomic mass is 10.1. The number of hydrogen-bond acceptors (Lipinski definition) is 4. The molecule has 0 spiro atoms. The van der Waals surface area contributed by atoms with E-state index in [0.717, 1.165) is 48.4 Å². The number of aromatic amines is 1. The van der Waals surface area contributed by atoms with Gasteiger partial charge < -0.3 is 9.88 Å². The second-order valence-electron chi connectivity index (χ2n) is 5.90. The Labute approximate surface area is 132 Å². The molecule has 0 bridgehead atoms. The number of aryl methyl sites for hydroxylation is 2. The number of thiazole rings is 1. The fourth-order valence-corrected chi connectivity index (χ4v) is 4.28. The molecule has 1 saturated heterocycles. The summed E-state index contributed by atoms with van der Waals surface area (Å²) >= 11 is 1.57. The van der Waals surface area contributed by atoms with Crippen molar-refractivity contribution in [3.8, 4) is 0 Å². The smallest absolute Gasteiger partial charge is 0.261 e. The van der Waals surface area contributed by atoms with Crippen LogP contribution in [0.3, 0.4) is 0 Å². The topological polar surface area (TPSA) is 66.1 Å². The molecular weight excluding hydrogens is 298 g/mol. The highest BCUT2D eigenvalue weighted by atomic mass is 32.1. The molecule has 114 valence electrons. The van der Waals surface area contributed by atoms with Crippen LogP contribution >= 0.6 is 11.3 Å². The minimum absolute atomic E-state index is 0.0140. The van der Waals surface area contributed by atoms with E-state index in [1.54, 1.807) is 23.6 Å². The number of rotatable bonds is 2. The predicted molar refractivity (Wildman–Crippen MR) is 84.2 cm³/mol. The quantitative estimate of drug-likeness (QED) is 0.924. The monoisotopic (exact) mass is 315 g/mol. The maximum Gasteiger partial charge on any atom is 0.261 e. The molecule has 0 aromatic carbocycles. The normalized spacial score (nSPS) is 20.4. The van der Waals surface area contributed by atoms with Crippen molar-refractivity contribution in [2.75, 3.05) is 6.54 Å². The van der Waals surface area contributed by atoms with E-state index in [1.807, 2.05) is 10.3 Å². The van der Waals surface area contributed by atoms with Crippen molar-refractivity contribution in [3.05, 3.63) is 49.8 Å². The highest BCUT2D eigenvalue weighted by molar-refractivity contribution is 7.09. The van der Waals surface area contributed by atoms with Crippen molar-refractivity contribution in [2.45, 2.75) is 38.1 Å². The Morgan fingerprint density at radius 3 is 3.09 bits per heavy atom. The first kappa shape index (κ1) is 13.7. The van der Waals surface area contributed by atoms with Crippen molar-refractivity contribution in [1.29, 1.82) is 0 Å². The second kappa shape index (κ2) is 5.35. The summed E-state index contributed by atoms with van der Waals surface area (Å²) in [7, 11) is 0. The lowest BCUT2D eigenvalue weighted by Gasteiger charge is -2.23. The van der Waals surface area contributed by atoms with Gasteiger partial charge >= 0.3 is 0 Å². The van der Waals surface area contributed by atoms with Gasteiger partial charge in [-0.2, -0.15) is 0 Å². The number of aromatic nitrogens is 2. The van der Waals surface area contributed by atoms with Gasteiger partial charge in [0.15, 0.2) is 0 Å². The van der Waals surface area contributed by atoms with Crippen LogP contribution in [0.25, 0.3) is 0 Å². The number of carbonyl (C=O) groups is 1. The number of hydrogen-bond donors (Lipinski definition) is 1. The maximum atomic E-state index is 12.9. The van der Waals surface area contributed by atoms with Crippen LogP contribution in [0, 0.1) is 0 Å². The van der Waals surface area contributed by atoms with Crippen LogP contribution in [0.5, 0.6) is 0 Å². The zero-order valence-electron chi connectivity index (χ0n) is 12.2. The molecule has 2 aromatic heterocycles. The predicted octanol–water partition coefficient (Wildman–Crippen LogP) is 2.30. The van der Waals surface area contributed by atoms with E-state index in [0.29, 0.717) is 6.54 Å².